The van der Waals surface area contributed by atoms with E-state index in [2.05, 4.69) is 4.98 Å². The van der Waals surface area contributed by atoms with E-state index >= 15 is 0 Å². The van der Waals surface area contributed by atoms with Crippen LogP contribution >= 0.6 is 0 Å². The molecule has 96 valence electrons. The van der Waals surface area contributed by atoms with Gasteiger partial charge in [0.25, 0.3) is 0 Å². The molecule has 0 aliphatic heterocycles. The van der Waals surface area contributed by atoms with E-state index in [1.807, 2.05) is 61.9 Å². The number of nitrogens with zero attached hydrogens (tertiary/aromatic N) is 2. The highest BCUT2D eigenvalue weighted by molar-refractivity contribution is 5.82. The molecule has 0 amide bonds. The van der Waals surface area contributed by atoms with E-state index in [1.54, 1.807) is 0 Å². The van der Waals surface area contributed by atoms with Crippen molar-refractivity contribution in [2.75, 3.05) is 0 Å². The fourth-order valence-electron chi connectivity index (χ4n) is 2.52. The molecule has 3 nitrogen and oxygen atoms in total. The molecule has 3 rings (SSSR count). The Bertz CT molecular complexity index is 772. The van der Waals surface area contributed by atoms with Gasteiger partial charge in [0, 0.05) is 7.05 Å². The van der Waals surface area contributed by atoms with Crippen LogP contribution in [-0.4, -0.2) is 14.7 Å². The highest BCUT2D eigenvalue weighted by atomic mass is 16.3. The summed E-state index contributed by atoms with van der Waals surface area (Å²) in [6, 6.07) is 11.9. The van der Waals surface area contributed by atoms with Gasteiger partial charge in [-0.05, 0) is 43.2 Å². The predicted octanol–water partition coefficient (Wildman–Crippen LogP) is 3.56. The number of aromatic hydroxyl groups is 1. The third-order valence-corrected chi connectivity index (χ3v) is 3.47. The Morgan fingerprint density at radius 2 is 1.84 bits per heavy atom. The highest BCUT2D eigenvalue weighted by Crippen LogP contribution is 2.33. The zero-order valence-corrected chi connectivity index (χ0v) is 11.3. The van der Waals surface area contributed by atoms with Gasteiger partial charge in [-0.2, -0.15) is 0 Å². The first-order valence-corrected chi connectivity index (χ1v) is 6.30. The Hall–Kier alpha value is -2.29. The molecule has 0 unspecified atom stereocenters. The lowest BCUT2D eigenvalue weighted by atomic mass is 10.1. The number of aryl methyl sites for hydroxylation is 3. The van der Waals surface area contributed by atoms with Gasteiger partial charge >= 0.3 is 0 Å². The number of hydrogen-bond donors (Lipinski definition) is 1. The number of aromatic nitrogens is 2. The Kier molecular flexibility index (Phi) is 2.56. The molecule has 0 spiro atoms. The molecule has 3 aromatic rings. The average molecular weight is 252 g/mol. The van der Waals surface area contributed by atoms with Crippen molar-refractivity contribution in [3.8, 4) is 17.1 Å². The fourth-order valence-corrected chi connectivity index (χ4v) is 2.52. The van der Waals surface area contributed by atoms with E-state index in [1.165, 1.54) is 0 Å². The number of hydrogen-bond acceptors (Lipinski definition) is 2. The van der Waals surface area contributed by atoms with Crippen molar-refractivity contribution in [2.45, 2.75) is 13.8 Å². The molecule has 1 aromatic heterocycles. The van der Waals surface area contributed by atoms with Crippen molar-refractivity contribution < 1.29 is 5.11 Å². The molecular formula is C16H16N2O. The Morgan fingerprint density at radius 1 is 1.11 bits per heavy atom. The molecule has 19 heavy (non-hydrogen) atoms. The van der Waals surface area contributed by atoms with Gasteiger partial charge in [-0.25, -0.2) is 4.98 Å². The third kappa shape index (κ3) is 1.78. The van der Waals surface area contributed by atoms with Crippen LogP contribution in [0.15, 0.2) is 36.4 Å². The maximum atomic E-state index is 10.3. The second kappa shape index (κ2) is 4.12. The number of fused-ring (bicyclic) bond motifs is 1. The fraction of sp³-hybridized carbons (Fsp3) is 0.188. The van der Waals surface area contributed by atoms with Crippen LogP contribution in [-0.2, 0) is 7.05 Å². The van der Waals surface area contributed by atoms with Gasteiger partial charge in [0.15, 0.2) is 0 Å². The summed E-state index contributed by atoms with van der Waals surface area (Å²) in [7, 11) is 1.97. The predicted molar refractivity (Wildman–Crippen MR) is 77.3 cm³/mol. The Balaban J connectivity index is 2.33. The van der Waals surface area contributed by atoms with Crippen LogP contribution in [0.25, 0.3) is 22.4 Å². The van der Waals surface area contributed by atoms with Crippen molar-refractivity contribution in [1.29, 1.82) is 0 Å². The number of rotatable bonds is 1. The minimum Gasteiger partial charge on any atom is -0.507 e. The van der Waals surface area contributed by atoms with Crippen LogP contribution in [0.1, 0.15) is 11.1 Å². The first kappa shape index (κ1) is 11.8. The standard InChI is InChI=1S/C16H16N2O/c1-10-8-11(2)15(19)12(9-10)16-17-13-6-4-5-7-14(13)18(16)3/h4-9,19H,1-3H3. The summed E-state index contributed by atoms with van der Waals surface area (Å²) in [4.78, 5) is 4.63. The normalized spacial score (nSPS) is 11.1. The topological polar surface area (TPSA) is 38.1 Å². The molecule has 0 fully saturated rings. The monoisotopic (exact) mass is 252 g/mol. The molecule has 1 heterocycles. The number of phenols is 1. The van der Waals surface area contributed by atoms with Gasteiger partial charge in [-0.15, -0.1) is 0 Å². The van der Waals surface area contributed by atoms with Gasteiger partial charge in [-0.3, -0.25) is 0 Å². The largest absolute Gasteiger partial charge is 0.507 e. The van der Waals surface area contributed by atoms with Crippen molar-refractivity contribution in [3.05, 3.63) is 47.5 Å². The minimum atomic E-state index is 0.309. The first-order valence-electron chi connectivity index (χ1n) is 6.30. The molecule has 0 bridgehead atoms. The van der Waals surface area contributed by atoms with Gasteiger partial charge in [0.05, 0.1) is 16.6 Å². The molecule has 1 N–H and O–H groups in total. The molecule has 0 saturated heterocycles. The van der Waals surface area contributed by atoms with Crippen molar-refractivity contribution in [2.24, 2.45) is 7.05 Å². The number of phenolic OH excluding ortho intramolecular Hbond substituents is 1. The molecule has 0 saturated carbocycles. The maximum Gasteiger partial charge on any atom is 0.144 e. The van der Waals surface area contributed by atoms with E-state index in [0.29, 0.717) is 5.75 Å². The zero-order chi connectivity index (χ0) is 13.6. The summed E-state index contributed by atoms with van der Waals surface area (Å²) in [5.41, 5.74) is 4.80. The summed E-state index contributed by atoms with van der Waals surface area (Å²) in [5.74, 6) is 1.11. The highest BCUT2D eigenvalue weighted by Gasteiger charge is 2.14. The van der Waals surface area contributed by atoms with E-state index in [9.17, 15) is 5.11 Å². The van der Waals surface area contributed by atoms with Crippen LogP contribution < -0.4 is 0 Å². The maximum absolute atomic E-state index is 10.3. The molecule has 0 aliphatic carbocycles. The summed E-state index contributed by atoms with van der Waals surface area (Å²) in [6.45, 7) is 3.94. The van der Waals surface area contributed by atoms with Crippen LogP contribution in [0.2, 0.25) is 0 Å². The van der Waals surface area contributed by atoms with Crippen molar-refractivity contribution in [3.63, 3.8) is 0 Å². The van der Waals surface area contributed by atoms with Gasteiger partial charge in [0.2, 0.25) is 0 Å². The molecule has 0 radical (unpaired) electrons. The number of benzene rings is 2. The lowest BCUT2D eigenvalue weighted by Gasteiger charge is -2.09. The Morgan fingerprint density at radius 3 is 2.58 bits per heavy atom. The minimum absolute atomic E-state index is 0.309. The van der Waals surface area contributed by atoms with E-state index in [-0.39, 0.29) is 0 Å². The van der Waals surface area contributed by atoms with E-state index in [0.717, 1.165) is 33.5 Å². The van der Waals surface area contributed by atoms with Crippen molar-refractivity contribution >= 4 is 11.0 Å². The third-order valence-electron chi connectivity index (χ3n) is 3.47. The lowest BCUT2D eigenvalue weighted by molar-refractivity contribution is 0.472. The number of imidazole rings is 1. The van der Waals surface area contributed by atoms with E-state index in [4.69, 9.17) is 0 Å². The summed E-state index contributed by atoms with van der Waals surface area (Å²) >= 11 is 0. The van der Waals surface area contributed by atoms with Gasteiger partial charge in [-0.1, -0.05) is 18.2 Å². The quantitative estimate of drug-likeness (QED) is 0.719. The van der Waals surface area contributed by atoms with Gasteiger partial charge < -0.3 is 9.67 Å². The second-order valence-electron chi connectivity index (χ2n) is 4.96. The molecule has 0 atom stereocenters. The van der Waals surface area contributed by atoms with Crippen LogP contribution in [0.5, 0.6) is 5.75 Å². The lowest BCUT2D eigenvalue weighted by Crippen LogP contribution is -1.94. The van der Waals surface area contributed by atoms with E-state index < -0.39 is 0 Å². The Labute approximate surface area is 112 Å². The second-order valence-corrected chi connectivity index (χ2v) is 4.96. The summed E-state index contributed by atoms with van der Waals surface area (Å²) < 4.78 is 2.02. The van der Waals surface area contributed by atoms with Crippen molar-refractivity contribution in [1.82, 2.24) is 9.55 Å². The summed E-state index contributed by atoms with van der Waals surface area (Å²) in [5, 5.41) is 10.3. The molecule has 0 aliphatic rings. The first-order chi connectivity index (χ1) is 9.08. The smallest absolute Gasteiger partial charge is 0.144 e. The van der Waals surface area contributed by atoms with Crippen LogP contribution in [0.3, 0.4) is 0 Å². The summed E-state index contributed by atoms with van der Waals surface area (Å²) in [6.07, 6.45) is 0. The molecular weight excluding hydrogens is 236 g/mol. The molecule has 2 aromatic carbocycles. The molecule has 3 heteroatoms. The number of para-hydroxylation sites is 2. The SMILES string of the molecule is Cc1cc(C)c(O)c(-c2nc3ccccc3n2C)c1. The van der Waals surface area contributed by atoms with Crippen LogP contribution in [0, 0.1) is 13.8 Å². The average Bonchev–Trinajstić information content (AvgIpc) is 2.72. The van der Waals surface area contributed by atoms with Crippen LogP contribution in [0.4, 0.5) is 0 Å². The van der Waals surface area contributed by atoms with Gasteiger partial charge in [0.1, 0.15) is 11.6 Å². The zero-order valence-electron chi connectivity index (χ0n) is 11.3.